The van der Waals surface area contributed by atoms with E-state index < -0.39 is 0 Å². The van der Waals surface area contributed by atoms with E-state index in [1.54, 1.807) is 74.4 Å². The van der Waals surface area contributed by atoms with Gasteiger partial charge < -0.3 is 0 Å². The maximum atomic E-state index is 4.18. The lowest BCUT2D eigenvalue weighted by atomic mass is 10.2. The van der Waals surface area contributed by atoms with Gasteiger partial charge in [0, 0.05) is 85.9 Å². The molecule has 0 saturated carbocycles. The number of hydrogen-bond donors (Lipinski definition) is 0. The molecule has 0 unspecified atom stereocenters. The second-order valence-electron chi connectivity index (χ2n) is 8.34. The smallest absolute Gasteiger partial charge is 0.0701 e. The van der Waals surface area contributed by atoms with Crippen molar-refractivity contribution in [3.63, 3.8) is 0 Å². The summed E-state index contributed by atoms with van der Waals surface area (Å²) in [7, 11) is 0. The molecule has 0 radical (unpaired) electrons. The Morgan fingerprint density at radius 1 is 0.217 bits per heavy atom. The maximum absolute atomic E-state index is 4.18. The highest BCUT2D eigenvalue weighted by molar-refractivity contribution is 5.77. The first-order valence-corrected chi connectivity index (χ1v) is 14.4. The first-order chi connectivity index (χ1) is 23.0. The molecule has 1 aromatic carbocycles. The van der Waals surface area contributed by atoms with Gasteiger partial charge >= 0.3 is 0 Å². The van der Waals surface area contributed by atoms with Gasteiger partial charge in [0.15, 0.2) is 0 Å². The second kappa shape index (κ2) is 28.6. The van der Waals surface area contributed by atoms with Crippen molar-refractivity contribution in [1.82, 2.24) is 34.9 Å². The van der Waals surface area contributed by atoms with E-state index in [4.69, 9.17) is 0 Å². The Balaban J connectivity index is 0.000000189. The van der Waals surface area contributed by atoms with Crippen molar-refractivity contribution in [1.29, 1.82) is 0 Å². The van der Waals surface area contributed by atoms with Crippen molar-refractivity contribution < 1.29 is 0 Å². The Bertz CT molecular complexity index is 1200. The first-order valence-electron chi connectivity index (χ1n) is 14.4. The molecule has 8 rings (SSSR count). The monoisotopic (exact) mass is 603 g/mol. The Hall–Kier alpha value is -6.47. The van der Waals surface area contributed by atoms with Gasteiger partial charge in [0.2, 0.25) is 0 Å². The summed E-state index contributed by atoms with van der Waals surface area (Å²) >= 11 is 0. The third-order valence-corrected chi connectivity index (χ3v) is 4.91. The normalized spacial score (nSPS) is 8.43. The minimum Gasteiger partial charge on any atom is -0.265 e. The molecule has 0 saturated heterocycles. The minimum atomic E-state index is 1.06. The largest absolute Gasteiger partial charge is 0.265 e. The standard InChI is InChI=1S/C9H7N.6C5H5N/c1-2-6-9-8(4-1)5-3-7-10-9;6*1-2-4-6-5-3-1/h1-7H;6*1-5H. The summed E-state index contributed by atoms with van der Waals surface area (Å²) in [5.41, 5.74) is 1.06. The van der Waals surface area contributed by atoms with Crippen LogP contribution in [-0.4, -0.2) is 34.9 Å². The molecule has 7 nitrogen and oxygen atoms in total. The zero-order chi connectivity index (χ0) is 32.3. The van der Waals surface area contributed by atoms with Gasteiger partial charge in [-0.2, -0.15) is 0 Å². The van der Waals surface area contributed by atoms with E-state index in [1.165, 1.54) is 5.39 Å². The van der Waals surface area contributed by atoms with Gasteiger partial charge in [-0.15, -0.1) is 0 Å². The Kier molecular flexibility index (Phi) is 22.2. The molecule has 8 aromatic rings. The van der Waals surface area contributed by atoms with E-state index in [2.05, 4.69) is 47.0 Å². The van der Waals surface area contributed by atoms with Crippen LogP contribution in [-0.2, 0) is 0 Å². The third-order valence-electron chi connectivity index (χ3n) is 4.91. The van der Waals surface area contributed by atoms with Gasteiger partial charge in [0.25, 0.3) is 0 Å². The summed E-state index contributed by atoms with van der Waals surface area (Å²) in [4.78, 5) is 26.9. The van der Waals surface area contributed by atoms with Crippen molar-refractivity contribution in [3.05, 3.63) is 226 Å². The van der Waals surface area contributed by atoms with Gasteiger partial charge in [-0.25, -0.2) is 0 Å². The van der Waals surface area contributed by atoms with Gasteiger partial charge in [-0.1, -0.05) is 60.7 Å². The highest BCUT2D eigenvalue weighted by Gasteiger charge is 1.86. The van der Waals surface area contributed by atoms with Crippen molar-refractivity contribution in [2.24, 2.45) is 0 Å². The molecule has 0 fully saturated rings. The summed E-state index contributed by atoms with van der Waals surface area (Å²) in [6, 6.07) is 46.4. The molecule has 228 valence electrons. The SMILES string of the molecule is c1ccc2ncccc2c1.c1ccncc1.c1ccncc1.c1ccncc1.c1ccncc1.c1ccncc1.c1ccncc1. The van der Waals surface area contributed by atoms with Crippen LogP contribution in [0.4, 0.5) is 0 Å². The van der Waals surface area contributed by atoms with Crippen LogP contribution in [0.3, 0.4) is 0 Å². The van der Waals surface area contributed by atoms with Gasteiger partial charge in [0.1, 0.15) is 0 Å². The van der Waals surface area contributed by atoms with E-state index in [1.807, 2.05) is 140 Å². The Labute approximate surface area is 271 Å². The number of benzene rings is 1. The lowest BCUT2D eigenvalue weighted by Gasteiger charge is -1.91. The van der Waals surface area contributed by atoms with E-state index >= 15 is 0 Å². The lowest BCUT2D eigenvalue weighted by Crippen LogP contribution is -1.73. The van der Waals surface area contributed by atoms with Crippen LogP contribution in [0, 0.1) is 0 Å². The molecule has 0 atom stereocenters. The van der Waals surface area contributed by atoms with Crippen LogP contribution in [0.25, 0.3) is 10.9 Å². The zero-order valence-electron chi connectivity index (χ0n) is 25.5. The molecule has 0 bridgehead atoms. The van der Waals surface area contributed by atoms with Crippen LogP contribution in [0.15, 0.2) is 226 Å². The van der Waals surface area contributed by atoms with Crippen LogP contribution in [0.5, 0.6) is 0 Å². The number of fused-ring (bicyclic) bond motifs is 1. The fourth-order valence-corrected chi connectivity index (χ4v) is 2.89. The van der Waals surface area contributed by atoms with Crippen molar-refractivity contribution in [2.45, 2.75) is 0 Å². The van der Waals surface area contributed by atoms with E-state index in [0.29, 0.717) is 0 Å². The first kappa shape index (κ1) is 35.7. The van der Waals surface area contributed by atoms with Gasteiger partial charge in [-0.3, -0.25) is 34.9 Å². The average molecular weight is 604 g/mol. The quantitative estimate of drug-likeness (QED) is 0.171. The molecule has 7 aromatic heterocycles. The molecule has 0 spiro atoms. The summed E-state index contributed by atoms with van der Waals surface area (Å²) in [6.07, 6.45) is 22.8. The van der Waals surface area contributed by atoms with Crippen LogP contribution >= 0.6 is 0 Å². The third kappa shape index (κ3) is 22.2. The molecule has 7 heteroatoms. The molecule has 0 aliphatic heterocycles. The predicted molar refractivity (Wildman–Crippen MR) is 187 cm³/mol. The van der Waals surface area contributed by atoms with Crippen molar-refractivity contribution in [2.75, 3.05) is 0 Å². The number of para-hydroxylation sites is 1. The highest BCUT2D eigenvalue weighted by atomic mass is 14.6. The van der Waals surface area contributed by atoms with Crippen molar-refractivity contribution >= 4 is 10.9 Å². The fourth-order valence-electron chi connectivity index (χ4n) is 2.89. The number of pyridine rings is 7. The average Bonchev–Trinajstić information content (AvgIpc) is 3.20. The molecule has 7 heterocycles. The fraction of sp³-hybridized carbons (Fsp3) is 0. The Morgan fingerprint density at radius 2 is 0.478 bits per heavy atom. The summed E-state index contributed by atoms with van der Waals surface area (Å²) in [5.74, 6) is 0. The molecule has 0 aliphatic rings. The molecule has 0 amide bonds. The molecule has 0 aliphatic carbocycles. The number of hydrogen-bond acceptors (Lipinski definition) is 7. The zero-order valence-corrected chi connectivity index (χ0v) is 25.5. The van der Waals surface area contributed by atoms with Crippen LogP contribution < -0.4 is 0 Å². The van der Waals surface area contributed by atoms with Gasteiger partial charge in [0.05, 0.1) is 5.52 Å². The molecule has 0 N–H and O–H groups in total. The molecular formula is C39H37N7. The minimum absolute atomic E-state index is 1.06. The van der Waals surface area contributed by atoms with Crippen molar-refractivity contribution in [3.8, 4) is 0 Å². The second-order valence-corrected chi connectivity index (χ2v) is 8.34. The summed E-state index contributed by atoms with van der Waals surface area (Å²) in [6.45, 7) is 0. The number of aromatic nitrogens is 7. The molecular weight excluding hydrogens is 566 g/mol. The Morgan fingerprint density at radius 3 is 0.696 bits per heavy atom. The lowest BCUT2D eigenvalue weighted by molar-refractivity contribution is 1.33. The van der Waals surface area contributed by atoms with Gasteiger partial charge in [-0.05, 0) is 84.9 Å². The van der Waals surface area contributed by atoms with Crippen LogP contribution in [0.2, 0.25) is 0 Å². The van der Waals surface area contributed by atoms with E-state index in [-0.39, 0.29) is 0 Å². The summed E-state index contributed by atoms with van der Waals surface area (Å²) in [5, 5.41) is 1.20. The number of rotatable bonds is 0. The topological polar surface area (TPSA) is 90.2 Å². The predicted octanol–water partition coefficient (Wildman–Crippen LogP) is 8.72. The van der Waals surface area contributed by atoms with E-state index in [0.717, 1.165) is 5.52 Å². The maximum Gasteiger partial charge on any atom is 0.0701 e. The highest BCUT2D eigenvalue weighted by Crippen LogP contribution is 2.07. The number of nitrogens with zero attached hydrogens (tertiary/aromatic N) is 7. The summed E-state index contributed by atoms with van der Waals surface area (Å²) < 4.78 is 0. The van der Waals surface area contributed by atoms with E-state index in [9.17, 15) is 0 Å². The molecule has 46 heavy (non-hydrogen) atoms. The van der Waals surface area contributed by atoms with Crippen LogP contribution in [0.1, 0.15) is 0 Å².